The van der Waals surface area contributed by atoms with Crippen molar-refractivity contribution in [3.63, 3.8) is 0 Å². The Morgan fingerprint density at radius 3 is 2.83 bits per heavy atom. The van der Waals surface area contributed by atoms with Crippen molar-refractivity contribution in [3.05, 3.63) is 61.0 Å². The number of pyridine rings is 1. The third-order valence-electron chi connectivity index (χ3n) is 4.16. The second kappa shape index (κ2) is 6.32. The molecule has 0 saturated carbocycles. The molecule has 4 nitrogen and oxygen atoms in total. The van der Waals surface area contributed by atoms with E-state index in [1.54, 1.807) is 6.07 Å². The maximum Gasteiger partial charge on any atom is 0.251 e. The van der Waals surface area contributed by atoms with Gasteiger partial charge in [-0.15, -0.1) is 0 Å². The van der Waals surface area contributed by atoms with Crippen LogP contribution in [0, 0.1) is 13.8 Å². The van der Waals surface area contributed by atoms with Gasteiger partial charge in [-0.25, -0.2) is 0 Å². The number of rotatable bonds is 4. The zero-order chi connectivity index (χ0) is 16.6. The van der Waals surface area contributed by atoms with E-state index in [0.717, 1.165) is 33.5 Å². The van der Waals surface area contributed by atoms with Crippen LogP contribution in [0.5, 0.6) is 5.75 Å². The molecule has 1 aliphatic heterocycles. The van der Waals surface area contributed by atoms with Gasteiger partial charge in [0.2, 0.25) is 0 Å². The van der Waals surface area contributed by atoms with Gasteiger partial charge in [-0.2, -0.15) is 0 Å². The lowest BCUT2D eigenvalue weighted by Crippen LogP contribution is -2.17. The van der Waals surface area contributed by atoms with E-state index in [-0.39, 0.29) is 11.3 Å². The van der Waals surface area contributed by atoms with E-state index < -0.39 is 0 Å². The first-order valence-corrected chi connectivity index (χ1v) is 8.43. The number of ketones is 1. The Bertz CT molecular complexity index is 839. The lowest BCUT2D eigenvalue weighted by molar-refractivity contribution is 0.0982. The number of aromatic nitrogens is 1. The molecule has 2 heterocycles. The number of aryl methyl sites for hydroxylation is 2. The van der Waals surface area contributed by atoms with E-state index in [1.165, 1.54) is 0 Å². The molecule has 0 fully saturated rings. The molecule has 0 aliphatic carbocycles. The highest BCUT2D eigenvalue weighted by molar-refractivity contribution is 9.10. The van der Waals surface area contributed by atoms with Crippen LogP contribution in [0.15, 0.2) is 27.5 Å². The summed E-state index contributed by atoms with van der Waals surface area (Å²) in [5, 5.41) is 0. The molecule has 0 radical (unpaired) electrons. The second-order valence-electron chi connectivity index (χ2n) is 5.91. The van der Waals surface area contributed by atoms with Crippen LogP contribution < -0.4 is 10.3 Å². The molecular weight excluding hydrogens is 358 g/mol. The summed E-state index contributed by atoms with van der Waals surface area (Å²) in [7, 11) is 0. The molecule has 2 aromatic rings. The lowest BCUT2D eigenvalue weighted by atomic mass is 9.99. The zero-order valence-corrected chi connectivity index (χ0v) is 14.7. The fourth-order valence-electron chi connectivity index (χ4n) is 3.00. The van der Waals surface area contributed by atoms with Crippen LogP contribution >= 0.6 is 15.9 Å². The zero-order valence-electron chi connectivity index (χ0n) is 13.2. The van der Waals surface area contributed by atoms with Crippen LogP contribution in [0.1, 0.15) is 39.2 Å². The summed E-state index contributed by atoms with van der Waals surface area (Å²) < 4.78 is 6.35. The predicted molar refractivity (Wildman–Crippen MR) is 92.5 cm³/mol. The van der Waals surface area contributed by atoms with Gasteiger partial charge in [-0.3, -0.25) is 9.59 Å². The molecule has 1 aromatic carbocycles. The molecule has 0 saturated heterocycles. The Balaban J connectivity index is 1.78. The molecule has 120 valence electrons. The van der Waals surface area contributed by atoms with Crippen molar-refractivity contribution >= 4 is 21.7 Å². The Hall–Kier alpha value is -1.88. The monoisotopic (exact) mass is 375 g/mol. The molecule has 0 amide bonds. The molecule has 3 rings (SSSR count). The van der Waals surface area contributed by atoms with E-state index in [9.17, 15) is 9.59 Å². The highest BCUT2D eigenvalue weighted by Crippen LogP contribution is 2.35. The summed E-state index contributed by atoms with van der Waals surface area (Å²) in [6.45, 7) is 4.42. The Kier molecular flexibility index (Phi) is 4.39. The number of carbonyl (C=O) groups excluding carboxylic acids is 1. The summed E-state index contributed by atoms with van der Waals surface area (Å²) in [6.07, 6.45) is 1.59. The lowest BCUT2D eigenvalue weighted by Gasteiger charge is -2.08. The van der Waals surface area contributed by atoms with Crippen molar-refractivity contribution in [2.24, 2.45) is 0 Å². The number of hydrogen-bond donors (Lipinski definition) is 1. The fraction of sp³-hybridized carbons (Fsp3) is 0.333. The van der Waals surface area contributed by atoms with E-state index in [4.69, 9.17) is 4.74 Å². The maximum atomic E-state index is 12.5. The normalized spacial score (nSPS) is 12.8. The van der Waals surface area contributed by atoms with Crippen LogP contribution in [-0.4, -0.2) is 17.4 Å². The molecule has 23 heavy (non-hydrogen) atoms. The number of nitrogens with one attached hydrogen (secondary N) is 1. The van der Waals surface area contributed by atoms with Gasteiger partial charge in [0.15, 0.2) is 5.78 Å². The standard InChI is InChI=1S/C18H18BrNO3/c1-10-7-11(2)20-18(22)14(10)3-4-16(21)13-8-12-5-6-23-17(12)15(19)9-13/h7-9H,3-6H2,1-2H3,(H,20,22). The number of fused-ring (bicyclic) bond motifs is 1. The molecule has 0 bridgehead atoms. The van der Waals surface area contributed by atoms with Crippen LogP contribution in [0.4, 0.5) is 0 Å². The Morgan fingerprint density at radius 2 is 2.09 bits per heavy atom. The maximum absolute atomic E-state index is 12.5. The van der Waals surface area contributed by atoms with Gasteiger partial charge in [0.1, 0.15) is 5.75 Å². The van der Waals surface area contributed by atoms with E-state index >= 15 is 0 Å². The number of Topliss-reactive ketones (excluding diaryl/α,β-unsaturated/α-hetero) is 1. The van der Waals surface area contributed by atoms with Crippen molar-refractivity contribution in [1.82, 2.24) is 4.98 Å². The topological polar surface area (TPSA) is 59.2 Å². The first-order chi connectivity index (χ1) is 11.0. The van der Waals surface area contributed by atoms with Crippen molar-refractivity contribution in [2.45, 2.75) is 33.1 Å². The van der Waals surface area contributed by atoms with Crippen LogP contribution in [-0.2, 0) is 12.8 Å². The number of ether oxygens (including phenoxy) is 1. The summed E-state index contributed by atoms with van der Waals surface area (Å²) in [4.78, 5) is 27.3. The molecule has 0 unspecified atom stereocenters. The summed E-state index contributed by atoms with van der Waals surface area (Å²) >= 11 is 3.46. The van der Waals surface area contributed by atoms with Gasteiger partial charge < -0.3 is 9.72 Å². The SMILES string of the molecule is Cc1cc(C)c(CCC(=O)c2cc(Br)c3c(c2)CCO3)c(=O)[nH]1. The van der Waals surface area contributed by atoms with Gasteiger partial charge in [0.05, 0.1) is 11.1 Å². The number of hydrogen-bond acceptors (Lipinski definition) is 3. The number of halogens is 1. The molecule has 1 N–H and O–H groups in total. The van der Waals surface area contributed by atoms with Gasteiger partial charge in [-0.1, -0.05) is 0 Å². The van der Waals surface area contributed by atoms with Crippen LogP contribution in [0.3, 0.4) is 0 Å². The van der Waals surface area contributed by atoms with Crippen LogP contribution in [0.2, 0.25) is 0 Å². The third-order valence-corrected chi connectivity index (χ3v) is 4.75. The minimum atomic E-state index is -0.0983. The minimum absolute atomic E-state index is 0.0415. The Morgan fingerprint density at radius 1 is 1.30 bits per heavy atom. The van der Waals surface area contributed by atoms with Crippen LogP contribution in [0.25, 0.3) is 0 Å². The minimum Gasteiger partial charge on any atom is -0.492 e. The number of carbonyl (C=O) groups is 1. The van der Waals surface area contributed by atoms with Gasteiger partial charge in [-0.05, 0) is 65.5 Å². The molecule has 0 spiro atoms. The molecule has 1 aromatic heterocycles. The molecule has 1 aliphatic rings. The number of benzene rings is 1. The highest BCUT2D eigenvalue weighted by atomic mass is 79.9. The van der Waals surface area contributed by atoms with Gasteiger partial charge in [0, 0.05) is 29.7 Å². The predicted octanol–water partition coefficient (Wildman–Crippen LogP) is 3.50. The van der Waals surface area contributed by atoms with E-state index in [1.807, 2.05) is 26.0 Å². The first kappa shape index (κ1) is 16.0. The fourth-order valence-corrected chi connectivity index (χ4v) is 3.61. The second-order valence-corrected chi connectivity index (χ2v) is 6.77. The molecule has 0 atom stereocenters. The van der Waals surface area contributed by atoms with Gasteiger partial charge >= 0.3 is 0 Å². The van der Waals surface area contributed by atoms with Crippen molar-refractivity contribution < 1.29 is 9.53 Å². The van der Waals surface area contributed by atoms with E-state index in [2.05, 4.69) is 20.9 Å². The number of aromatic amines is 1. The highest BCUT2D eigenvalue weighted by Gasteiger charge is 2.19. The summed E-state index contributed by atoms with van der Waals surface area (Å²) in [5.41, 5.74) is 4.09. The largest absolute Gasteiger partial charge is 0.492 e. The summed E-state index contributed by atoms with van der Waals surface area (Å²) in [6, 6.07) is 5.64. The smallest absolute Gasteiger partial charge is 0.251 e. The van der Waals surface area contributed by atoms with Crippen molar-refractivity contribution in [1.29, 1.82) is 0 Å². The number of H-pyrrole nitrogens is 1. The Labute approximate surface area is 143 Å². The summed E-state index contributed by atoms with van der Waals surface area (Å²) in [5.74, 6) is 0.882. The quantitative estimate of drug-likeness (QED) is 0.831. The van der Waals surface area contributed by atoms with E-state index in [0.29, 0.717) is 30.6 Å². The molecule has 5 heteroatoms. The van der Waals surface area contributed by atoms with Crippen molar-refractivity contribution in [3.8, 4) is 5.75 Å². The first-order valence-electron chi connectivity index (χ1n) is 7.63. The van der Waals surface area contributed by atoms with Crippen molar-refractivity contribution in [2.75, 3.05) is 6.61 Å². The average molecular weight is 376 g/mol. The average Bonchev–Trinajstić information content (AvgIpc) is 2.94. The molecular formula is C18H18BrNO3. The van der Waals surface area contributed by atoms with Gasteiger partial charge in [0.25, 0.3) is 5.56 Å². The third kappa shape index (κ3) is 3.24.